The van der Waals surface area contributed by atoms with Crippen molar-refractivity contribution in [3.05, 3.63) is 68.2 Å². The third-order valence-corrected chi connectivity index (χ3v) is 3.10. The van der Waals surface area contributed by atoms with Crippen LogP contribution in [-0.2, 0) is 6.61 Å². The maximum atomic E-state index is 13.2. The van der Waals surface area contributed by atoms with Crippen LogP contribution in [0.2, 0.25) is 0 Å². The van der Waals surface area contributed by atoms with Gasteiger partial charge in [-0.2, -0.15) is 0 Å². The molecular weight excluding hydrogens is 336 g/mol. The van der Waals surface area contributed by atoms with Crippen molar-refractivity contribution < 1.29 is 18.4 Å². The van der Waals surface area contributed by atoms with Gasteiger partial charge in [-0.3, -0.25) is 10.1 Å². The Bertz CT molecular complexity index is 664. The molecule has 0 radical (unpaired) electrons. The second kappa shape index (κ2) is 5.96. The first-order valence-electron chi connectivity index (χ1n) is 5.47. The molecular formula is C13H8BrF2NO3. The molecule has 0 N–H and O–H groups in total. The molecule has 0 saturated carbocycles. The van der Waals surface area contributed by atoms with Crippen molar-refractivity contribution in [2.45, 2.75) is 6.61 Å². The molecule has 0 saturated heterocycles. The fourth-order valence-corrected chi connectivity index (χ4v) is 1.93. The second-order valence-electron chi connectivity index (χ2n) is 3.94. The zero-order valence-corrected chi connectivity index (χ0v) is 11.6. The summed E-state index contributed by atoms with van der Waals surface area (Å²) in [5.41, 5.74) is -0.0743. The van der Waals surface area contributed by atoms with Gasteiger partial charge in [-0.05, 0) is 39.7 Å². The van der Waals surface area contributed by atoms with E-state index in [1.807, 2.05) is 0 Å². The van der Waals surface area contributed by atoms with E-state index in [0.717, 1.165) is 18.2 Å². The number of hydrogen-bond donors (Lipinski definition) is 0. The molecule has 0 unspecified atom stereocenters. The smallest absolute Gasteiger partial charge is 0.272 e. The summed E-state index contributed by atoms with van der Waals surface area (Å²) in [7, 11) is 0. The molecule has 0 fully saturated rings. The van der Waals surface area contributed by atoms with Gasteiger partial charge in [0.1, 0.15) is 24.0 Å². The third kappa shape index (κ3) is 3.51. The Morgan fingerprint density at radius 2 is 1.90 bits per heavy atom. The third-order valence-electron chi connectivity index (χ3n) is 2.44. The van der Waals surface area contributed by atoms with Gasteiger partial charge < -0.3 is 4.74 Å². The largest absolute Gasteiger partial charge is 0.488 e. The first-order chi connectivity index (χ1) is 9.45. The minimum Gasteiger partial charge on any atom is -0.488 e. The second-order valence-corrected chi connectivity index (χ2v) is 4.79. The Labute approximate surface area is 121 Å². The Kier molecular flexibility index (Phi) is 4.29. The van der Waals surface area contributed by atoms with E-state index in [2.05, 4.69) is 15.9 Å². The molecule has 0 aliphatic carbocycles. The molecule has 7 heteroatoms. The van der Waals surface area contributed by atoms with Crippen LogP contribution in [0.5, 0.6) is 5.75 Å². The highest BCUT2D eigenvalue weighted by Crippen LogP contribution is 2.27. The molecule has 0 atom stereocenters. The zero-order valence-electron chi connectivity index (χ0n) is 9.98. The molecule has 2 rings (SSSR count). The Balaban J connectivity index is 2.18. The maximum Gasteiger partial charge on any atom is 0.272 e. The fraction of sp³-hybridized carbons (Fsp3) is 0.0769. The van der Waals surface area contributed by atoms with Gasteiger partial charge in [0.25, 0.3) is 5.69 Å². The van der Waals surface area contributed by atoms with E-state index >= 15 is 0 Å². The molecule has 2 aromatic carbocycles. The quantitative estimate of drug-likeness (QED) is 0.617. The molecule has 4 nitrogen and oxygen atoms in total. The number of benzene rings is 2. The molecule has 104 valence electrons. The molecule has 20 heavy (non-hydrogen) atoms. The Hall–Kier alpha value is -2.02. The van der Waals surface area contributed by atoms with E-state index in [-0.39, 0.29) is 23.6 Å². The fourth-order valence-electron chi connectivity index (χ4n) is 1.57. The molecule has 0 heterocycles. The Morgan fingerprint density at radius 3 is 2.60 bits per heavy atom. The topological polar surface area (TPSA) is 52.4 Å². The lowest BCUT2D eigenvalue weighted by atomic mass is 10.2. The number of non-ortho nitro benzene ring substituents is 1. The molecule has 0 aromatic heterocycles. The first kappa shape index (κ1) is 14.4. The minimum absolute atomic E-state index is 0.110. The Morgan fingerprint density at radius 1 is 1.15 bits per heavy atom. The van der Waals surface area contributed by atoms with E-state index in [4.69, 9.17) is 4.74 Å². The van der Waals surface area contributed by atoms with Crippen molar-refractivity contribution in [3.63, 3.8) is 0 Å². The summed E-state index contributed by atoms with van der Waals surface area (Å²) in [6.45, 7) is -0.110. The highest BCUT2D eigenvalue weighted by atomic mass is 79.9. The van der Waals surface area contributed by atoms with Gasteiger partial charge in [0.2, 0.25) is 0 Å². The molecule has 0 bridgehead atoms. The predicted octanol–water partition coefficient (Wildman–Crippen LogP) is 4.21. The van der Waals surface area contributed by atoms with Crippen molar-refractivity contribution in [1.29, 1.82) is 0 Å². The molecule has 0 amide bonds. The van der Waals surface area contributed by atoms with Gasteiger partial charge >= 0.3 is 0 Å². The average Bonchev–Trinajstić information content (AvgIpc) is 2.39. The van der Waals surface area contributed by atoms with Crippen molar-refractivity contribution in [2.75, 3.05) is 0 Å². The van der Waals surface area contributed by atoms with Gasteiger partial charge in [0.05, 0.1) is 15.5 Å². The summed E-state index contributed by atoms with van der Waals surface area (Å²) in [6.07, 6.45) is 0. The monoisotopic (exact) mass is 343 g/mol. The average molecular weight is 344 g/mol. The van der Waals surface area contributed by atoms with Crippen LogP contribution in [0.4, 0.5) is 14.5 Å². The van der Waals surface area contributed by atoms with Crippen LogP contribution in [0, 0.1) is 21.7 Å². The van der Waals surface area contributed by atoms with Crippen LogP contribution in [0.3, 0.4) is 0 Å². The van der Waals surface area contributed by atoms with E-state index in [9.17, 15) is 18.9 Å². The lowest BCUT2D eigenvalue weighted by Crippen LogP contribution is -1.99. The number of nitro benzene ring substituents is 1. The van der Waals surface area contributed by atoms with Crippen LogP contribution in [0.1, 0.15) is 5.56 Å². The van der Waals surface area contributed by atoms with Crippen LogP contribution < -0.4 is 4.74 Å². The van der Waals surface area contributed by atoms with E-state index < -0.39 is 16.6 Å². The molecule has 2 aromatic rings. The summed E-state index contributed by atoms with van der Waals surface area (Å²) in [6, 6.07) is 7.04. The van der Waals surface area contributed by atoms with Gasteiger partial charge in [-0.1, -0.05) is 0 Å². The summed E-state index contributed by atoms with van der Waals surface area (Å²) in [5.74, 6) is -0.971. The van der Waals surface area contributed by atoms with Crippen molar-refractivity contribution in [2.24, 2.45) is 0 Å². The number of nitrogens with zero attached hydrogens (tertiary/aromatic N) is 1. The number of hydrogen-bond acceptors (Lipinski definition) is 3. The normalized spacial score (nSPS) is 10.3. The number of nitro groups is 1. The standard InChI is InChI=1S/C13H8BrF2NO3/c14-12-2-1-9(15)6-13(12)20-7-8-3-10(16)5-11(4-8)17(18)19/h1-6H,7H2. The SMILES string of the molecule is O=[N+]([O-])c1cc(F)cc(COc2cc(F)ccc2Br)c1. The van der Waals surface area contributed by atoms with Crippen LogP contribution in [0.15, 0.2) is 40.9 Å². The number of rotatable bonds is 4. The summed E-state index contributed by atoms with van der Waals surface area (Å²) >= 11 is 3.18. The summed E-state index contributed by atoms with van der Waals surface area (Å²) < 4.78 is 32.1. The van der Waals surface area contributed by atoms with Crippen LogP contribution in [-0.4, -0.2) is 4.92 Å². The lowest BCUT2D eigenvalue weighted by molar-refractivity contribution is -0.385. The van der Waals surface area contributed by atoms with Crippen molar-refractivity contribution in [3.8, 4) is 5.75 Å². The van der Waals surface area contributed by atoms with Crippen molar-refractivity contribution >= 4 is 21.6 Å². The summed E-state index contributed by atoms with van der Waals surface area (Å²) in [4.78, 5) is 9.93. The highest BCUT2D eigenvalue weighted by Gasteiger charge is 2.11. The van der Waals surface area contributed by atoms with E-state index in [0.29, 0.717) is 4.47 Å². The predicted molar refractivity (Wildman–Crippen MR) is 71.5 cm³/mol. The minimum atomic E-state index is -0.726. The van der Waals surface area contributed by atoms with Crippen molar-refractivity contribution in [1.82, 2.24) is 0 Å². The van der Waals surface area contributed by atoms with Gasteiger partial charge in [-0.25, -0.2) is 8.78 Å². The molecule has 0 aliphatic rings. The zero-order chi connectivity index (χ0) is 14.7. The van der Waals surface area contributed by atoms with Crippen LogP contribution in [0.25, 0.3) is 0 Å². The van der Waals surface area contributed by atoms with Gasteiger partial charge in [-0.15, -0.1) is 0 Å². The number of ether oxygens (including phenoxy) is 1. The molecule has 0 aliphatic heterocycles. The van der Waals surface area contributed by atoms with E-state index in [1.54, 1.807) is 0 Å². The molecule has 0 spiro atoms. The summed E-state index contributed by atoms with van der Waals surface area (Å²) in [5, 5.41) is 10.6. The van der Waals surface area contributed by atoms with E-state index in [1.165, 1.54) is 18.2 Å². The maximum absolute atomic E-state index is 13.2. The van der Waals surface area contributed by atoms with Gasteiger partial charge in [0.15, 0.2) is 0 Å². The number of halogens is 3. The lowest BCUT2D eigenvalue weighted by Gasteiger charge is -2.08. The van der Waals surface area contributed by atoms with Crippen LogP contribution >= 0.6 is 15.9 Å². The first-order valence-corrected chi connectivity index (χ1v) is 6.27. The highest BCUT2D eigenvalue weighted by molar-refractivity contribution is 9.10. The van der Waals surface area contributed by atoms with Gasteiger partial charge in [0, 0.05) is 12.1 Å².